The molecule has 1 N–H and O–H groups in total. The fourth-order valence-electron chi connectivity index (χ4n) is 3.75. The molecule has 2 aromatic carbocycles. The number of carbonyl (C=O) groups is 2. The average Bonchev–Trinajstić information content (AvgIpc) is 3.21. The third-order valence-electron chi connectivity index (χ3n) is 5.28. The van der Waals surface area contributed by atoms with Crippen LogP contribution in [0, 0.1) is 0 Å². The smallest absolute Gasteiger partial charge is 0.263 e. The number of nitrogens with one attached hydrogen (secondary N) is 1. The highest BCUT2D eigenvalue weighted by atomic mass is 32.1. The van der Waals surface area contributed by atoms with E-state index in [0.29, 0.717) is 22.7 Å². The molecular formula is C23H24N2O4S. The molecule has 2 amide bonds. The van der Waals surface area contributed by atoms with Gasteiger partial charge in [-0.2, -0.15) is 0 Å². The van der Waals surface area contributed by atoms with Crippen molar-refractivity contribution in [1.29, 1.82) is 0 Å². The molecule has 0 spiro atoms. The van der Waals surface area contributed by atoms with Crippen LogP contribution in [0.15, 0.2) is 42.5 Å². The molecule has 0 atom stereocenters. The molecule has 2 heterocycles. The summed E-state index contributed by atoms with van der Waals surface area (Å²) in [5.41, 5.74) is 0.990. The first-order chi connectivity index (χ1) is 14.6. The number of hydrogen-bond acceptors (Lipinski definition) is 5. The van der Waals surface area contributed by atoms with Crippen molar-refractivity contribution in [1.82, 2.24) is 4.90 Å². The molecule has 0 radical (unpaired) electrons. The molecule has 0 unspecified atom stereocenters. The standard InChI is InChI=1S/C23H24N2O4S/c1-28-17-7-6-8-18(29-2)21(17)22(26)24-16-9-10-19-15(13-16)14-20(30-19)23(27)25-11-4-3-5-12-25/h6-10,13-14H,3-5,11-12H2,1-2H3,(H,24,26). The van der Waals surface area contributed by atoms with Crippen molar-refractivity contribution >= 4 is 38.9 Å². The molecule has 0 bridgehead atoms. The van der Waals surface area contributed by atoms with Crippen molar-refractivity contribution in [3.05, 3.63) is 52.9 Å². The van der Waals surface area contributed by atoms with E-state index in [4.69, 9.17) is 9.47 Å². The second kappa shape index (κ2) is 8.75. The van der Waals surface area contributed by atoms with Gasteiger partial charge < -0.3 is 19.7 Å². The van der Waals surface area contributed by atoms with Crippen LogP contribution in [0.2, 0.25) is 0 Å². The summed E-state index contributed by atoms with van der Waals surface area (Å²) in [6.45, 7) is 1.66. The average molecular weight is 425 g/mol. The number of fused-ring (bicyclic) bond motifs is 1. The maximum absolute atomic E-state index is 12.9. The zero-order valence-electron chi connectivity index (χ0n) is 17.1. The van der Waals surface area contributed by atoms with Gasteiger partial charge in [-0.05, 0) is 61.0 Å². The maximum atomic E-state index is 12.9. The molecule has 7 heteroatoms. The third kappa shape index (κ3) is 3.98. The van der Waals surface area contributed by atoms with E-state index in [1.165, 1.54) is 32.0 Å². The molecule has 1 aromatic heterocycles. The Balaban J connectivity index is 1.57. The minimum Gasteiger partial charge on any atom is -0.496 e. The summed E-state index contributed by atoms with van der Waals surface area (Å²) < 4.78 is 11.7. The molecule has 6 nitrogen and oxygen atoms in total. The lowest BCUT2D eigenvalue weighted by Crippen LogP contribution is -2.35. The Bertz CT molecular complexity index is 1060. The molecule has 1 aliphatic heterocycles. The largest absolute Gasteiger partial charge is 0.496 e. The third-order valence-corrected chi connectivity index (χ3v) is 6.39. The number of anilines is 1. The predicted molar refractivity (Wildman–Crippen MR) is 119 cm³/mol. The topological polar surface area (TPSA) is 67.9 Å². The fraction of sp³-hybridized carbons (Fsp3) is 0.304. The second-order valence-corrected chi connectivity index (χ2v) is 8.29. The van der Waals surface area contributed by atoms with Crippen LogP contribution in [0.5, 0.6) is 11.5 Å². The van der Waals surface area contributed by atoms with E-state index in [1.807, 2.05) is 29.2 Å². The van der Waals surface area contributed by atoms with Gasteiger partial charge in [0.15, 0.2) is 0 Å². The number of rotatable bonds is 5. The lowest BCUT2D eigenvalue weighted by atomic mass is 10.1. The number of methoxy groups -OCH3 is 2. The number of carbonyl (C=O) groups excluding carboxylic acids is 2. The number of likely N-dealkylation sites (tertiary alicyclic amines) is 1. The normalized spacial score (nSPS) is 13.9. The summed E-state index contributed by atoms with van der Waals surface area (Å²) in [7, 11) is 3.04. The van der Waals surface area contributed by atoms with E-state index in [9.17, 15) is 9.59 Å². The van der Waals surface area contributed by atoms with Crippen LogP contribution in [-0.4, -0.2) is 44.0 Å². The lowest BCUT2D eigenvalue weighted by Gasteiger charge is -2.26. The number of thiophene rings is 1. The summed E-state index contributed by atoms with van der Waals surface area (Å²) >= 11 is 1.49. The van der Waals surface area contributed by atoms with Gasteiger partial charge in [-0.3, -0.25) is 9.59 Å². The Hall–Kier alpha value is -3.06. The first-order valence-electron chi connectivity index (χ1n) is 9.96. The van der Waals surface area contributed by atoms with Crippen LogP contribution in [0.1, 0.15) is 39.3 Å². The second-order valence-electron chi connectivity index (χ2n) is 7.21. The van der Waals surface area contributed by atoms with Gasteiger partial charge in [-0.15, -0.1) is 11.3 Å². The SMILES string of the molecule is COc1cccc(OC)c1C(=O)Nc1ccc2sc(C(=O)N3CCCCC3)cc2c1. The van der Waals surface area contributed by atoms with Crippen LogP contribution in [0.3, 0.4) is 0 Å². The van der Waals surface area contributed by atoms with Crippen molar-refractivity contribution < 1.29 is 19.1 Å². The summed E-state index contributed by atoms with van der Waals surface area (Å²) in [6, 6.07) is 12.8. The molecule has 0 saturated carbocycles. The Labute approximate surface area is 179 Å². The van der Waals surface area contributed by atoms with Gasteiger partial charge in [0.05, 0.1) is 19.1 Å². The molecule has 1 aliphatic rings. The first kappa shape index (κ1) is 20.2. The lowest BCUT2D eigenvalue weighted by molar-refractivity contribution is 0.0729. The Morgan fingerprint density at radius 2 is 1.67 bits per heavy atom. The van der Waals surface area contributed by atoms with E-state index in [-0.39, 0.29) is 11.8 Å². The summed E-state index contributed by atoms with van der Waals surface area (Å²) in [4.78, 5) is 28.4. The quantitative estimate of drug-likeness (QED) is 0.639. The van der Waals surface area contributed by atoms with Crippen LogP contribution in [0.4, 0.5) is 5.69 Å². The van der Waals surface area contributed by atoms with Gasteiger partial charge >= 0.3 is 0 Å². The molecule has 1 fully saturated rings. The van der Waals surface area contributed by atoms with Crippen LogP contribution in [0.25, 0.3) is 10.1 Å². The van der Waals surface area contributed by atoms with Gasteiger partial charge in [0.1, 0.15) is 17.1 Å². The van der Waals surface area contributed by atoms with E-state index in [0.717, 1.165) is 40.9 Å². The predicted octanol–water partition coefficient (Wildman–Crippen LogP) is 4.80. The zero-order chi connectivity index (χ0) is 21.1. The molecule has 30 heavy (non-hydrogen) atoms. The Morgan fingerprint density at radius 3 is 2.33 bits per heavy atom. The minimum absolute atomic E-state index is 0.0974. The number of piperidine rings is 1. The van der Waals surface area contributed by atoms with Crippen molar-refractivity contribution in [3.8, 4) is 11.5 Å². The van der Waals surface area contributed by atoms with E-state index >= 15 is 0 Å². The molecule has 1 saturated heterocycles. The number of hydrogen-bond donors (Lipinski definition) is 1. The van der Waals surface area contributed by atoms with Crippen molar-refractivity contribution in [2.75, 3.05) is 32.6 Å². The van der Waals surface area contributed by atoms with E-state index in [1.54, 1.807) is 18.2 Å². The van der Waals surface area contributed by atoms with Crippen LogP contribution < -0.4 is 14.8 Å². The number of benzene rings is 2. The monoisotopic (exact) mass is 424 g/mol. The molecular weight excluding hydrogens is 400 g/mol. The summed E-state index contributed by atoms with van der Waals surface area (Å²) in [6.07, 6.45) is 3.33. The number of ether oxygens (including phenoxy) is 2. The summed E-state index contributed by atoms with van der Waals surface area (Å²) in [5.74, 6) is 0.666. The highest BCUT2D eigenvalue weighted by Crippen LogP contribution is 2.32. The highest BCUT2D eigenvalue weighted by Gasteiger charge is 2.21. The van der Waals surface area contributed by atoms with Gasteiger partial charge in [-0.1, -0.05) is 6.07 Å². The van der Waals surface area contributed by atoms with E-state index in [2.05, 4.69) is 5.32 Å². The van der Waals surface area contributed by atoms with Crippen LogP contribution in [-0.2, 0) is 0 Å². The fourth-order valence-corrected chi connectivity index (χ4v) is 4.76. The minimum atomic E-state index is -0.316. The molecule has 156 valence electrons. The van der Waals surface area contributed by atoms with Crippen molar-refractivity contribution in [3.63, 3.8) is 0 Å². The highest BCUT2D eigenvalue weighted by molar-refractivity contribution is 7.20. The van der Waals surface area contributed by atoms with Gasteiger partial charge in [-0.25, -0.2) is 0 Å². The van der Waals surface area contributed by atoms with Gasteiger partial charge in [0, 0.05) is 23.5 Å². The van der Waals surface area contributed by atoms with E-state index < -0.39 is 0 Å². The van der Waals surface area contributed by atoms with Crippen molar-refractivity contribution in [2.45, 2.75) is 19.3 Å². The van der Waals surface area contributed by atoms with Crippen molar-refractivity contribution in [2.24, 2.45) is 0 Å². The number of nitrogens with zero attached hydrogens (tertiary/aromatic N) is 1. The van der Waals surface area contributed by atoms with Gasteiger partial charge in [0.25, 0.3) is 11.8 Å². The number of amides is 2. The first-order valence-corrected chi connectivity index (χ1v) is 10.8. The molecule has 3 aromatic rings. The summed E-state index contributed by atoms with van der Waals surface area (Å²) in [5, 5.41) is 3.85. The van der Waals surface area contributed by atoms with Crippen LogP contribution >= 0.6 is 11.3 Å². The molecule has 0 aliphatic carbocycles. The molecule has 4 rings (SSSR count). The zero-order valence-corrected chi connectivity index (χ0v) is 17.9. The van der Waals surface area contributed by atoms with Gasteiger partial charge in [0.2, 0.25) is 0 Å². The Morgan fingerprint density at radius 1 is 0.967 bits per heavy atom. The maximum Gasteiger partial charge on any atom is 0.263 e. The Kier molecular flexibility index (Phi) is 5.90.